The number of benzene rings is 3. The SMILES string of the molecule is COc1ccc(C(OC[C@H]2O[C@@H](n3cc(CCC(=O)NCCCCc4ccnc(-c5cc(C)ccn5)c4)c(=O)[nH]c3=O)C[C@@H]2O)(c2ccccc2)c2ccc(OC)cc2)cc1. The molecule has 1 aliphatic rings. The lowest BCUT2D eigenvalue weighted by molar-refractivity contribution is -0.121. The number of ether oxygens (including phenoxy) is 4. The van der Waals surface area contributed by atoms with Crippen molar-refractivity contribution in [3.63, 3.8) is 0 Å². The second kappa shape index (κ2) is 19.8. The summed E-state index contributed by atoms with van der Waals surface area (Å²) in [7, 11) is 3.22. The van der Waals surface area contributed by atoms with Crippen LogP contribution in [-0.2, 0) is 32.7 Å². The number of aliphatic hydroxyl groups excluding tert-OH is 1. The molecule has 4 heterocycles. The van der Waals surface area contributed by atoms with Crippen LogP contribution in [-0.4, -0.2) is 70.1 Å². The van der Waals surface area contributed by atoms with Crippen LogP contribution in [0, 0.1) is 6.92 Å². The standard InChI is InChI=1S/C48H51N5O8/c1-32-22-25-49-40(27-32)41-28-33(23-26-50-41)9-7-8-24-51-44(55)21-12-34-30-53(47(57)52-46(34)56)45-29-42(54)43(61-45)31-60-48(35-10-5-4-6-11-35,36-13-17-38(58-2)18-14-36)37-15-19-39(59-3)20-16-37/h4-6,10-11,13-20,22-23,25-28,30,42-43,45,54H,7-9,12,21,24,29,31H2,1-3H3,(H,51,55)(H,52,56,57)/t42-,43+,45+/m0/s1. The molecule has 61 heavy (non-hydrogen) atoms. The van der Waals surface area contributed by atoms with Crippen molar-refractivity contribution in [1.29, 1.82) is 0 Å². The van der Waals surface area contributed by atoms with Crippen molar-refractivity contribution >= 4 is 5.91 Å². The molecule has 0 radical (unpaired) electrons. The molecule has 0 bridgehead atoms. The summed E-state index contributed by atoms with van der Waals surface area (Å²) in [5.41, 5.74) is 4.27. The quantitative estimate of drug-likeness (QED) is 0.0687. The zero-order valence-electron chi connectivity index (χ0n) is 34.6. The molecule has 13 nitrogen and oxygen atoms in total. The molecule has 3 atom stereocenters. The number of carbonyl (C=O) groups excluding carboxylic acids is 1. The highest BCUT2D eigenvalue weighted by atomic mass is 16.6. The monoisotopic (exact) mass is 825 g/mol. The van der Waals surface area contributed by atoms with Gasteiger partial charge in [-0.3, -0.25) is 29.1 Å². The highest BCUT2D eigenvalue weighted by Crippen LogP contribution is 2.42. The van der Waals surface area contributed by atoms with Gasteiger partial charge in [0.25, 0.3) is 5.56 Å². The number of hydrogen-bond acceptors (Lipinski definition) is 10. The predicted molar refractivity (Wildman–Crippen MR) is 231 cm³/mol. The maximum absolute atomic E-state index is 13.1. The predicted octanol–water partition coefficient (Wildman–Crippen LogP) is 6.05. The molecular weight excluding hydrogens is 775 g/mol. The molecule has 1 saturated heterocycles. The number of methoxy groups -OCH3 is 2. The Labute approximate surface area is 354 Å². The van der Waals surface area contributed by atoms with Gasteiger partial charge in [-0.25, -0.2) is 4.79 Å². The molecule has 0 unspecified atom stereocenters. The van der Waals surface area contributed by atoms with Gasteiger partial charge in [0.05, 0.1) is 38.3 Å². The van der Waals surface area contributed by atoms with Gasteiger partial charge >= 0.3 is 5.69 Å². The zero-order valence-corrected chi connectivity index (χ0v) is 34.6. The number of rotatable bonds is 18. The Hall–Kier alpha value is -6.41. The Balaban J connectivity index is 0.979. The van der Waals surface area contributed by atoms with Crippen molar-refractivity contribution in [2.75, 3.05) is 27.4 Å². The zero-order chi connectivity index (χ0) is 42.8. The third-order valence-corrected chi connectivity index (χ3v) is 11.0. The highest BCUT2D eigenvalue weighted by molar-refractivity contribution is 5.76. The minimum Gasteiger partial charge on any atom is -0.497 e. The van der Waals surface area contributed by atoms with Crippen LogP contribution in [0.4, 0.5) is 0 Å². The first-order chi connectivity index (χ1) is 29.7. The fraction of sp³-hybridized carbons (Fsp3) is 0.312. The van der Waals surface area contributed by atoms with Gasteiger partial charge in [0.1, 0.15) is 29.4 Å². The van der Waals surface area contributed by atoms with E-state index >= 15 is 0 Å². The number of aromatic nitrogens is 4. The Kier molecular flexibility index (Phi) is 13.8. The van der Waals surface area contributed by atoms with Gasteiger partial charge in [0, 0.05) is 43.5 Å². The molecule has 3 aromatic heterocycles. The lowest BCUT2D eigenvalue weighted by atomic mass is 9.80. The second-order valence-corrected chi connectivity index (χ2v) is 15.1. The molecule has 13 heteroatoms. The lowest BCUT2D eigenvalue weighted by Gasteiger charge is -2.37. The fourth-order valence-corrected chi connectivity index (χ4v) is 7.70. The van der Waals surface area contributed by atoms with Gasteiger partial charge in [-0.1, -0.05) is 54.6 Å². The number of H-pyrrole nitrogens is 1. The first kappa shape index (κ1) is 42.7. The van der Waals surface area contributed by atoms with Crippen molar-refractivity contribution in [1.82, 2.24) is 24.8 Å². The molecule has 1 fully saturated rings. The van der Waals surface area contributed by atoms with Crippen LogP contribution < -0.4 is 26.0 Å². The minimum atomic E-state index is -1.15. The topological polar surface area (TPSA) is 167 Å². The summed E-state index contributed by atoms with van der Waals surface area (Å²) in [5.74, 6) is 1.17. The van der Waals surface area contributed by atoms with Crippen LogP contribution in [0.15, 0.2) is 131 Å². The molecule has 3 N–H and O–H groups in total. The van der Waals surface area contributed by atoms with E-state index in [1.54, 1.807) is 26.6 Å². The number of amides is 1. The van der Waals surface area contributed by atoms with E-state index in [0.717, 1.165) is 58.5 Å². The number of nitrogens with one attached hydrogen (secondary N) is 2. The average molecular weight is 826 g/mol. The van der Waals surface area contributed by atoms with E-state index in [9.17, 15) is 19.5 Å². The van der Waals surface area contributed by atoms with Crippen LogP contribution in [0.3, 0.4) is 0 Å². The van der Waals surface area contributed by atoms with Crippen molar-refractivity contribution < 1.29 is 28.8 Å². The van der Waals surface area contributed by atoms with Gasteiger partial charge in [-0.2, -0.15) is 0 Å². The van der Waals surface area contributed by atoms with Crippen LogP contribution >= 0.6 is 0 Å². The summed E-state index contributed by atoms with van der Waals surface area (Å²) in [5, 5.41) is 14.3. The van der Waals surface area contributed by atoms with Crippen molar-refractivity contribution in [2.45, 2.75) is 69.5 Å². The Morgan fingerprint density at radius 3 is 2.15 bits per heavy atom. The van der Waals surface area contributed by atoms with Crippen LogP contribution in [0.2, 0.25) is 0 Å². The van der Waals surface area contributed by atoms with E-state index in [1.165, 1.54) is 10.8 Å². The largest absolute Gasteiger partial charge is 0.497 e. The van der Waals surface area contributed by atoms with Crippen LogP contribution in [0.1, 0.15) is 65.3 Å². The number of unbranched alkanes of at least 4 members (excludes halogenated alkanes) is 1. The van der Waals surface area contributed by atoms with E-state index in [2.05, 4.69) is 20.3 Å². The summed E-state index contributed by atoms with van der Waals surface area (Å²) in [4.78, 5) is 50.1. The Morgan fingerprint density at radius 1 is 0.852 bits per heavy atom. The number of pyridine rings is 2. The number of aliphatic hydroxyl groups is 1. The molecule has 0 spiro atoms. The Morgan fingerprint density at radius 2 is 1.49 bits per heavy atom. The summed E-state index contributed by atoms with van der Waals surface area (Å²) >= 11 is 0. The van der Waals surface area contributed by atoms with E-state index in [-0.39, 0.29) is 37.3 Å². The van der Waals surface area contributed by atoms with Gasteiger partial charge in [-0.15, -0.1) is 0 Å². The molecule has 7 rings (SSSR count). The van der Waals surface area contributed by atoms with Crippen molar-refractivity contribution in [3.8, 4) is 22.9 Å². The number of aryl methyl sites for hydroxylation is 3. The molecule has 316 valence electrons. The van der Waals surface area contributed by atoms with Crippen molar-refractivity contribution in [3.05, 3.63) is 176 Å². The fourth-order valence-electron chi connectivity index (χ4n) is 7.70. The number of nitrogens with zero attached hydrogens (tertiary/aromatic N) is 3. The lowest BCUT2D eigenvalue weighted by Crippen LogP contribution is -2.38. The summed E-state index contributed by atoms with van der Waals surface area (Å²) in [6.45, 7) is 2.46. The molecular formula is C48H51N5O8. The molecule has 0 aliphatic carbocycles. The normalized spacial score (nSPS) is 16.3. The van der Waals surface area contributed by atoms with E-state index in [0.29, 0.717) is 18.0 Å². The smallest absolute Gasteiger partial charge is 0.330 e. The average Bonchev–Trinajstić information content (AvgIpc) is 3.66. The molecule has 6 aromatic rings. The van der Waals surface area contributed by atoms with E-state index in [1.807, 2.05) is 110 Å². The van der Waals surface area contributed by atoms with Gasteiger partial charge in [0.15, 0.2) is 0 Å². The van der Waals surface area contributed by atoms with E-state index < -0.39 is 35.3 Å². The molecule has 1 aliphatic heterocycles. The van der Waals surface area contributed by atoms with Crippen LogP contribution in [0.5, 0.6) is 11.5 Å². The molecule has 0 saturated carbocycles. The van der Waals surface area contributed by atoms with Gasteiger partial charge in [0.2, 0.25) is 5.91 Å². The first-order valence-electron chi connectivity index (χ1n) is 20.5. The van der Waals surface area contributed by atoms with Crippen LogP contribution in [0.25, 0.3) is 11.4 Å². The highest BCUT2D eigenvalue weighted by Gasteiger charge is 2.42. The molecule has 3 aromatic carbocycles. The van der Waals surface area contributed by atoms with Crippen molar-refractivity contribution in [2.24, 2.45) is 0 Å². The number of carbonyl (C=O) groups is 1. The summed E-state index contributed by atoms with van der Waals surface area (Å²) < 4.78 is 25.4. The third-order valence-electron chi connectivity index (χ3n) is 11.0. The summed E-state index contributed by atoms with van der Waals surface area (Å²) in [6, 6.07) is 33.0. The maximum Gasteiger partial charge on any atom is 0.330 e. The number of aromatic amines is 1. The Bertz CT molecular complexity index is 2460. The van der Waals surface area contributed by atoms with Gasteiger partial charge in [-0.05, 0) is 109 Å². The first-order valence-corrected chi connectivity index (χ1v) is 20.5. The minimum absolute atomic E-state index is 0.0514. The second-order valence-electron chi connectivity index (χ2n) is 15.1. The number of hydrogen-bond donors (Lipinski definition) is 3. The molecule has 1 amide bonds. The summed E-state index contributed by atoms with van der Waals surface area (Å²) in [6.07, 6.45) is 5.00. The maximum atomic E-state index is 13.1. The van der Waals surface area contributed by atoms with E-state index in [4.69, 9.17) is 18.9 Å². The third kappa shape index (κ3) is 10.1. The van der Waals surface area contributed by atoms with Gasteiger partial charge < -0.3 is 29.4 Å².